The highest BCUT2D eigenvalue weighted by Crippen LogP contribution is 2.44. The number of anilines is 2. The Morgan fingerprint density at radius 1 is 1.26 bits per heavy atom. The quantitative estimate of drug-likeness (QED) is 0.824. The summed E-state index contributed by atoms with van der Waals surface area (Å²) in [6.07, 6.45) is 5.56. The molecule has 0 atom stereocenters. The third-order valence-electron chi connectivity index (χ3n) is 5.68. The molecule has 0 saturated heterocycles. The van der Waals surface area contributed by atoms with Crippen molar-refractivity contribution in [1.29, 1.82) is 0 Å². The molecular formula is C21H24N4O2. The molecule has 1 amide bonds. The minimum absolute atomic E-state index is 0.0964. The average molecular weight is 364 g/mol. The number of nitrogens with zero attached hydrogens (tertiary/aromatic N) is 3. The lowest BCUT2D eigenvalue weighted by atomic mass is 9.84. The largest absolute Gasteiger partial charge is 0.367 e. The van der Waals surface area contributed by atoms with Gasteiger partial charge in [-0.05, 0) is 44.9 Å². The number of carbonyl (C=O) groups is 2. The monoisotopic (exact) mass is 364 g/mol. The summed E-state index contributed by atoms with van der Waals surface area (Å²) in [6, 6.07) is 7.96. The number of pyridine rings is 2. The van der Waals surface area contributed by atoms with E-state index in [0.717, 1.165) is 30.0 Å². The van der Waals surface area contributed by atoms with Crippen LogP contribution in [-0.4, -0.2) is 33.7 Å². The van der Waals surface area contributed by atoms with Crippen molar-refractivity contribution in [2.24, 2.45) is 0 Å². The Bertz CT molecular complexity index is 885. The molecule has 3 heterocycles. The van der Waals surface area contributed by atoms with Crippen LogP contribution in [0.1, 0.15) is 56.0 Å². The maximum absolute atomic E-state index is 12.9. The van der Waals surface area contributed by atoms with E-state index < -0.39 is 5.41 Å². The van der Waals surface area contributed by atoms with E-state index in [9.17, 15) is 9.59 Å². The Hall–Kier alpha value is -2.76. The van der Waals surface area contributed by atoms with Crippen molar-refractivity contribution in [2.45, 2.75) is 57.5 Å². The number of hydrogen-bond donors (Lipinski definition) is 1. The normalized spacial score (nSPS) is 22.9. The fraction of sp³-hybridized carbons (Fsp3) is 0.429. The molecule has 6 nitrogen and oxygen atoms in total. The Balaban J connectivity index is 1.41. The Labute approximate surface area is 159 Å². The van der Waals surface area contributed by atoms with Crippen molar-refractivity contribution in [3.63, 3.8) is 0 Å². The molecule has 6 heteroatoms. The topological polar surface area (TPSA) is 75.2 Å². The summed E-state index contributed by atoms with van der Waals surface area (Å²) in [4.78, 5) is 35.3. The number of ketones is 1. The summed E-state index contributed by atoms with van der Waals surface area (Å²) in [7, 11) is 0. The van der Waals surface area contributed by atoms with Crippen LogP contribution in [0, 0.1) is 0 Å². The molecule has 4 rings (SSSR count). The van der Waals surface area contributed by atoms with Gasteiger partial charge in [-0.1, -0.05) is 13.0 Å². The second-order valence-corrected chi connectivity index (χ2v) is 7.85. The summed E-state index contributed by atoms with van der Waals surface area (Å²) in [6.45, 7) is 5.78. The Kier molecular flexibility index (Phi) is 4.21. The van der Waals surface area contributed by atoms with E-state index in [-0.39, 0.29) is 23.8 Å². The SMILES string of the molecule is CCC(=O)c1ccc(NC2CC(N3C(=O)C(C)(C)c4cccnc43)C2)nc1. The first-order valence-electron chi connectivity index (χ1n) is 9.46. The highest BCUT2D eigenvalue weighted by atomic mass is 16.2. The minimum atomic E-state index is -0.523. The Morgan fingerprint density at radius 3 is 2.70 bits per heavy atom. The van der Waals surface area contributed by atoms with Crippen LogP contribution in [0.25, 0.3) is 0 Å². The maximum Gasteiger partial charge on any atom is 0.238 e. The van der Waals surface area contributed by atoms with Gasteiger partial charge in [0.05, 0.1) is 5.41 Å². The maximum atomic E-state index is 12.9. The molecule has 2 aromatic heterocycles. The van der Waals surface area contributed by atoms with Crippen molar-refractivity contribution >= 4 is 23.3 Å². The number of aromatic nitrogens is 2. The third kappa shape index (κ3) is 2.89. The van der Waals surface area contributed by atoms with Crippen molar-refractivity contribution in [3.05, 3.63) is 47.8 Å². The van der Waals surface area contributed by atoms with Crippen LogP contribution in [0.4, 0.5) is 11.6 Å². The van der Waals surface area contributed by atoms with Gasteiger partial charge < -0.3 is 5.32 Å². The molecule has 0 aromatic carbocycles. The van der Waals surface area contributed by atoms with Crippen molar-refractivity contribution < 1.29 is 9.59 Å². The van der Waals surface area contributed by atoms with Crippen LogP contribution in [0.3, 0.4) is 0 Å². The molecule has 1 saturated carbocycles. The van der Waals surface area contributed by atoms with E-state index in [0.29, 0.717) is 12.0 Å². The lowest BCUT2D eigenvalue weighted by Crippen LogP contribution is -2.53. The number of amides is 1. The van der Waals surface area contributed by atoms with Crippen LogP contribution in [0.5, 0.6) is 0 Å². The van der Waals surface area contributed by atoms with E-state index in [1.165, 1.54) is 0 Å². The fourth-order valence-electron chi connectivity index (χ4n) is 3.90. The minimum Gasteiger partial charge on any atom is -0.367 e. The molecule has 1 aliphatic carbocycles. The molecule has 0 spiro atoms. The second kappa shape index (κ2) is 6.44. The molecule has 2 aromatic rings. The van der Waals surface area contributed by atoms with Gasteiger partial charge in [-0.3, -0.25) is 14.5 Å². The van der Waals surface area contributed by atoms with Crippen LogP contribution < -0.4 is 10.2 Å². The van der Waals surface area contributed by atoms with Gasteiger partial charge in [0, 0.05) is 42.0 Å². The van der Waals surface area contributed by atoms with E-state index in [4.69, 9.17) is 0 Å². The average Bonchev–Trinajstić information content (AvgIpc) is 2.85. The molecule has 1 N–H and O–H groups in total. The molecule has 140 valence electrons. The summed E-state index contributed by atoms with van der Waals surface area (Å²) in [5, 5.41) is 3.39. The van der Waals surface area contributed by atoms with Gasteiger partial charge >= 0.3 is 0 Å². The molecule has 0 bridgehead atoms. The molecule has 1 aliphatic heterocycles. The lowest BCUT2D eigenvalue weighted by Gasteiger charge is -2.41. The number of carbonyl (C=O) groups excluding carboxylic acids is 2. The highest BCUT2D eigenvalue weighted by Gasteiger charge is 2.50. The van der Waals surface area contributed by atoms with Crippen molar-refractivity contribution in [3.8, 4) is 0 Å². The first-order chi connectivity index (χ1) is 12.9. The summed E-state index contributed by atoms with van der Waals surface area (Å²) < 4.78 is 0. The van der Waals surface area contributed by atoms with Gasteiger partial charge in [-0.2, -0.15) is 0 Å². The number of rotatable bonds is 5. The van der Waals surface area contributed by atoms with Gasteiger partial charge in [-0.25, -0.2) is 9.97 Å². The van der Waals surface area contributed by atoms with Crippen molar-refractivity contribution in [2.75, 3.05) is 10.2 Å². The molecule has 1 fully saturated rings. The van der Waals surface area contributed by atoms with Crippen LogP contribution in [0.2, 0.25) is 0 Å². The van der Waals surface area contributed by atoms with Crippen LogP contribution >= 0.6 is 0 Å². The number of fused-ring (bicyclic) bond motifs is 1. The number of hydrogen-bond acceptors (Lipinski definition) is 5. The molecule has 2 aliphatic rings. The van der Waals surface area contributed by atoms with Gasteiger partial charge in [0.15, 0.2) is 5.78 Å². The van der Waals surface area contributed by atoms with Crippen LogP contribution in [-0.2, 0) is 10.2 Å². The fourth-order valence-corrected chi connectivity index (χ4v) is 3.90. The van der Waals surface area contributed by atoms with Crippen LogP contribution in [0.15, 0.2) is 36.7 Å². The number of nitrogens with one attached hydrogen (secondary N) is 1. The zero-order valence-corrected chi connectivity index (χ0v) is 15.9. The van der Waals surface area contributed by atoms with Crippen molar-refractivity contribution in [1.82, 2.24) is 9.97 Å². The van der Waals surface area contributed by atoms with Gasteiger partial charge in [0.2, 0.25) is 5.91 Å². The van der Waals surface area contributed by atoms with Gasteiger partial charge in [0.1, 0.15) is 11.6 Å². The third-order valence-corrected chi connectivity index (χ3v) is 5.68. The first kappa shape index (κ1) is 17.6. The predicted octanol–water partition coefficient (Wildman–Crippen LogP) is 3.34. The zero-order valence-electron chi connectivity index (χ0n) is 15.9. The molecule has 0 radical (unpaired) electrons. The van der Waals surface area contributed by atoms with E-state index in [2.05, 4.69) is 15.3 Å². The summed E-state index contributed by atoms with van der Waals surface area (Å²) in [5.41, 5.74) is 1.12. The predicted molar refractivity (Wildman–Crippen MR) is 104 cm³/mol. The molecule has 0 unspecified atom stereocenters. The highest BCUT2D eigenvalue weighted by molar-refractivity contribution is 6.07. The number of Topliss-reactive ketones (excluding diaryl/α,β-unsaturated/α-hetero) is 1. The second-order valence-electron chi connectivity index (χ2n) is 7.85. The smallest absolute Gasteiger partial charge is 0.238 e. The molecule has 27 heavy (non-hydrogen) atoms. The standard InChI is InChI=1S/C21H24N4O2/c1-4-17(26)13-7-8-18(23-12-13)24-14-10-15(11-14)25-19-16(6-5-9-22-19)21(2,3)20(25)27/h5-9,12,14-15H,4,10-11H2,1-3H3,(H,23,24). The summed E-state index contributed by atoms with van der Waals surface area (Å²) in [5.74, 6) is 1.79. The Morgan fingerprint density at radius 2 is 2.04 bits per heavy atom. The van der Waals surface area contributed by atoms with E-state index in [1.807, 2.05) is 49.9 Å². The van der Waals surface area contributed by atoms with E-state index >= 15 is 0 Å². The van der Waals surface area contributed by atoms with Gasteiger partial charge in [0.25, 0.3) is 0 Å². The van der Waals surface area contributed by atoms with E-state index in [1.54, 1.807) is 12.4 Å². The first-order valence-corrected chi connectivity index (χ1v) is 9.46. The zero-order chi connectivity index (χ0) is 19.2. The summed E-state index contributed by atoms with van der Waals surface area (Å²) >= 11 is 0. The lowest BCUT2D eigenvalue weighted by molar-refractivity contribution is -0.122. The van der Waals surface area contributed by atoms with Gasteiger partial charge in [-0.15, -0.1) is 0 Å². The molecular weight excluding hydrogens is 340 g/mol.